The fourth-order valence-electron chi connectivity index (χ4n) is 1.47. The van der Waals surface area contributed by atoms with E-state index in [9.17, 15) is 8.42 Å². The van der Waals surface area contributed by atoms with Crippen LogP contribution in [-0.2, 0) is 14.8 Å². The first kappa shape index (κ1) is 15.4. The van der Waals surface area contributed by atoms with E-state index >= 15 is 0 Å². The number of methoxy groups -OCH3 is 1. The van der Waals surface area contributed by atoms with Gasteiger partial charge in [-0.05, 0) is 6.07 Å². The summed E-state index contributed by atoms with van der Waals surface area (Å²) in [6, 6.07) is 3.34. The maximum absolute atomic E-state index is 12.4. The van der Waals surface area contributed by atoms with Crippen LogP contribution >= 0.6 is 0 Å². The Kier molecular flexibility index (Phi) is 5.69. The number of nitrogens with two attached hydrogens (primary N) is 1. The molecule has 0 saturated carbocycles. The molecule has 0 fully saturated rings. The quantitative estimate of drug-likeness (QED) is 0.766. The molecule has 2 N–H and O–H groups in total. The van der Waals surface area contributed by atoms with Crippen molar-refractivity contribution >= 4 is 15.7 Å². The summed E-state index contributed by atoms with van der Waals surface area (Å²) in [7, 11) is -2.28. The summed E-state index contributed by atoms with van der Waals surface area (Å²) < 4.78 is 30.9. The third-order valence-corrected chi connectivity index (χ3v) is 4.39. The van der Waals surface area contributed by atoms with E-state index in [4.69, 9.17) is 15.7 Å². The van der Waals surface area contributed by atoms with Gasteiger partial charge in [0.15, 0.2) is 0 Å². The number of hydrogen-bond acceptors (Lipinski definition) is 6. The first-order valence-electron chi connectivity index (χ1n) is 5.59. The lowest BCUT2D eigenvalue weighted by Gasteiger charge is -2.21. The zero-order valence-electron chi connectivity index (χ0n) is 10.6. The van der Waals surface area contributed by atoms with Gasteiger partial charge in [0.1, 0.15) is 4.90 Å². The lowest BCUT2D eigenvalue weighted by Crippen LogP contribution is -2.35. The molecule has 0 aliphatic rings. The zero-order valence-corrected chi connectivity index (χ0v) is 11.4. The van der Waals surface area contributed by atoms with E-state index in [-0.39, 0.29) is 36.7 Å². The standard InChI is InChI=1S/C11H16N4O3S/c1-18-8-7-15(6-2-4-12)19(16,17)11-9-14-5-3-10(11)13/h3,5,9H,2,6-8H2,1H3,(H2,13,14). The molecule has 0 unspecified atom stereocenters. The Hall–Kier alpha value is -1.69. The third-order valence-electron chi connectivity index (χ3n) is 2.45. The van der Waals surface area contributed by atoms with Crippen molar-refractivity contribution in [2.75, 3.05) is 32.5 Å². The van der Waals surface area contributed by atoms with Crippen LogP contribution in [-0.4, -0.2) is 44.5 Å². The van der Waals surface area contributed by atoms with E-state index in [1.807, 2.05) is 6.07 Å². The number of sulfonamides is 1. The van der Waals surface area contributed by atoms with E-state index in [1.165, 1.54) is 29.9 Å². The molecule has 0 saturated heterocycles. The maximum Gasteiger partial charge on any atom is 0.246 e. The van der Waals surface area contributed by atoms with E-state index in [0.29, 0.717) is 0 Å². The SMILES string of the molecule is COCCN(CCC#N)S(=O)(=O)c1cnccc1N. The Balaban J connectivity index is 3.05. The summed E-state index contributed by atoms with van der Waals surface area (Å²) in [5, 5.41) is 8.59. The van der Waals surface area contributed by atoms with Gasteiger partial charge in [-0.25, -0.2) is 8.42 Å². The van der Waals surface area contributed by atoms with Gasteiger partial charge in [-0.3, -0.25) is 4.98 Å². The molecule has 0 spiro atoms. The van der Waals surface area contributed by atoms with Gasteiger partial charge < -0.3 is 10.5 Å². The molecule has 7 nitrogen and oxygen atoms in total. The number of nitrogen functional groups attached to an aromatic ring is 1. The minimum absolute atomic E-state index is 0.0518. The van der Waals surface area contributed by atoms with Crippen molar-refractivity contribution in [2.45, 2.75) is 11.3 Å². The molecule has 0 aromatic carbocycles. The third kappa shape index (κ3) is 3.89. The van der Waals surface area contributed by atoms with Crippen LogP contribution in [0.25, 0.3) is 0 Å². The number of aromatic nitrogens is 1. The smallest absolute Gasteiger partial charge is 0.246 e. The Morgan fingerprint density at radius 3 is 2.84 bits per heavy atom. The van der Waals surface area contributed by atoms with Crippen LogP contribution in [0.4, 0.5) is 5.69 Å². The molecule has 0 aliphatic carbocycles. The summed E-state index contributed by atoms with van der Waals surface area (Å²) in [5.74, 6) is 0. The maximum atomic E-state index is 12.4. The molecule has 0 bridgehead atoms. The largest absolute Gasteiger partial charge is 0.398 e. The molecule has 0 atom stereocenters. The molecule has 104 valence electrons. The lowest BCUT2D eigenvalue weighted by atomic mass is 10.4. The Morgan fingerprint density at radius 1 is 1.53 bits per heavy atom. The average Bonchev–Trinajstić information content (AvgIpc) is 2.39. The highest BCUT2D eigenvalue weighted by atomic mass is 32.2. The van der Waals surface area contributed by atoms with Crippen LogP contribution in [0.2, 0.25) is 0 Å². The molecular weight excluding hydrogens is 268 g/mol. The second-order valence-corrected chi connectivity index (χ2v) is 5.62. The van der Waals surface area contributed by atoms with E-state index < -0.39 is 10.0 Å². The van der Waals surface area contributed by atoms with Crippen LogP contribution in [0.5, 0.6) is 0 Å². The second-order valence-electron chi connectivity index (χ2n) is 3.72. The van der Waals surface area contributed by atoms with Crippen molar-refractivity contribution < 1.29 is 13.2 Å². The van der Waals surface area contributed by atoms with Gasteiger partial charge in [0, 0.05) is 39.0 Å². The Labute approximate surface area is 112 Å². The van der Waals surface area contributed by atoms with E-state index in [1.54, 1.807) is 0 Å². The molecule has 19 heavy (non-hydrogen) atoms. The van der Waals surface area contributed by atoms with Gasteiger partial charge in [-0.2, -0.15) is 9.57 Å². The highest BCUT2D eigenvalue weighted by molar-refractivity contribution is 7.89. The minimum atomic E-state index is -3.76. The highest BCUT2D eigenvalue weighted by Crippen LogP contribution is 2.20. The monoisotopic (exact) mass is 284 g/mol. The number of ether oxygens (including phenoxy) is 1. The van der Waals surface area contributed by atoms with Crippen molar-refractivity contribution in [1.29, 1.82) is 5.26 Å². The molecule has 8 heteroatoms. The predicted octanol–water partition coefficient (Wildman–Crippen LogP) is 0.215. The molecule has 1 heterocycles. The molecule has 1 aromatic heterocycles. The number of nitrogens with zero attached hydrogens (tertiary/aromatic N) is 3. The summed E-state index contributed by atoms with van der Waals surface area (Å²) in [6.07, 6.45) is 2.73. The minimum Gasteiger partial charge on any atom is -0.398 e. The van der Waals surface area contributed by atoms with Crippen LogP contribution < -0.4 is 5.73 Å². The van der Waals surface area contributed by atoms with Crippen LogP contribution in [0.3, 0.4) is 0 Å². The molecule has 0 amide bonds. The predicted molar refractivity (Wildman–Crippen MR) is 69.5 cm³/mol. The van der Waals surface area contributed by atoms with Crippen molar-refractivity contribution in [3.63, 3.8) is 0 Å². The van der Waals surface area contributed by atoms with Crippen LogP contribution in [0.1, 0.15) is 6.42 Å². The number of hydrogen-bond donors (Lipinski definition) is 1. The normalized spacial score (nSPS) is 11.4. The molecule has 0 aliphatic heterocycles. The van der Waals surface area contributed by atoms with E-state index in [2.05, 4.69) is 4.98 Å². The number of nitriles is 1. The topological polar surface area (TPSA) is 109 Å². The van der Waals surface area contributed by atoms with Gasteiger partial charge in [0.25, 0.3) is 0 Å². The first-order chi connectivity index (χ1) is 9.04. The molecule has 1 aromatic rings. The Bertz CT molecular complexity index is 553. The fourth-order valence-corrected chi connectivity index (χ4v) is 2.95. The molecule has 1 rings (SSSR count). The second kappa shape index (κ2) is 7.04. The van der Waals surface area contributed by atoms with Crippen molar-refractivity contribution in [3.8, 4) is 6.07 Å². The van der Waals surface area contributed by atoms with Crippen molar-refractivity contribution in [2.24, 2.45) is 0 Å². The molecular formula is C11H16N4O3S. The van der Waals surface area contributed by atoms with Crippen LogP contribution in [0, 0.1) is 11.3 Å². The summed E-state index contributed by atoms with van der Waals surface area (Å²) >= 11 is 0. The number of rotatable bonds is 7. The van der Waals surface area contributed by atoms with Gasteiger partial charge in [0.05, 0.1) is 18.4 Å². The van der Waals surface area contributed by atoms with Gasteiger partial charge in [-0.1, -0.05) is 0 Å². The average molecular weight is 284 g/mol. The lowest BCUT2D eigenvalue weighted by molar-refractivity contribution is 0.179. The van der Waals surface area contributed by atoms with Crippen LogP contribution in [0.15, 0.2) is 23.4 Å². The number of anilines is 1. The summed E-state index contributed by atoms with van der Waals surface area (Å²) in [4.78, 5) is 3.72. The highest BCUT2D eigenvalue weighted by Gasteiger charge is 2.26. The van der Waals surface area contributed by atoms with E-state index in [0.717, 1.165) is 0 Å². The Morgan fingerprint density at radius 2 is 2.26 bits per heavy atom. The van der Waals surface area contributed by atoms with Crippen molar-refractivity contribution in [3.05, 3.63) is 18.5 Å². The van der Waals surface area contributed by atoms with Crippen molar-refractivity contribution in [1.82, 2.24) is 9.29 Å². The van der Waals surface area contributed by atoms with Gasteiger partial charge in [0.2, 0.25) is 10.0 Å². The first-order valence-corrected chi connectivity index (χ1v) is 7.03. The zero-order chi connectivity index (χ0) is 14.3. The molecule has 0 radical (unpaired) electrons. The summed E-state index contributed by atoms with van der Waals surface area (Å²) in [6.45, 7) is 0.496. The van der Waals surface area contributed by atoms with Gasteiger partial charge >= 0.3 is 0 Å². The fraction of sp³-hybridized carbons (Fsp3) is 0.455. The summed E-state index contributed by atoms with van der Waals surface area (Å²) in [5.41, 5.74) is 5.79. The number of pyridine rings is 1. The van der Waals surface area contributed by atoms with Gasteiger partial charge in [-0.15, -0.1) is 0 Å².